The van der Waals surface area contributed by atoms with E-state index in [1.54, 1.807) is 0 Å². The van der Waals surface area contributed by atoms with E-state index in [2.05, 4.69) is 0 Å². The summed E-state index contributed by atoms with van der Waals surface area (Å²) < 4.78 is 11.5. The second-order valence-electron chi connectivity index (χ2n) is 4.00. The Balaban J connectivity index is 2.03. The first-order valence-electron chi connectivity index (χ1n) is 4.53. The van der Waals surface area contributed by atoms with Crippen LogP contribution in [0.3, 0.4) is 0 Å². The highest BCUT2D eigenvalue weighted by Gasteiger charge is 2.41. The van der Waals surface area contributed by atoms with Gasteiger partial charge in [0.1, 0.15) is 0 Å². The summed E-state index contributed by atoms with van der Waals surface area (Å²) in [5.41, 5.74) is 0. The first-order chi connectivity index (χ1) is 5.17. The molecular weight excluding hydrogens is 140 g/mol. The van der Waals surface area contributed by atoms with E-state index in [1.807, 2.05) is 13.8 Å². The Morgan fingerprint density at radius 2 is 1.45 bits per heavy atom. The Hall–Kier alpha value is -0.0800. The standard InChI is InChI=1S/C9H16O2/c1-9(2)10-7-5-3-4-6-8(7)11-9/h7-8H,3-6H2,1-2H3. The van der Waals surface area contributed by atoms with Gasteiger partial charge in [-0.1, -0.05) is 12.8 Å². The smallest absolute Gasteiger partial charge is 0.163 e. The number of hydrogen-bond donors (Lipinski definition) is 0. The van der Waals surface area contributed by atoms with E-state index in [-0.39, 0.29) is 5.79 Å². The summed E-state index contributed by atoms with van der Waals surface area (Å²) in [7, 11) is 0. The van der Waals surface area contributed by atoms with Crippen LogP contribution in [0.4, 0.5) is 0 Å². The molecule has 0 bridgehead atoms. The molecule has 2 rings (SSSR count). The number of rotatable bonds is 0. The van der Waals surface area contributed by atoms with E-state index in [1.165, 1.54) is 25.7 Å². The van der Waals surface area contributed by atoms with Crippen LogP contribution in [0.15, 0.2) is 0 Å². The summed E-state index contributed by atoms with van der Waals surface area (Å²) in [5.74, 6) is -0.320. The predicted molar refractivity (Wildman–Crippen MR) is 42.3 cm³/mol. The lowest BCUT2D eigenvalue weighted by atomic mass is 9.95. The zero-order valence-electron chi connectivity index (χ0n) is 7.30. The van der Waals surface area contributed by atoms with Gasteiger partial charge in [-0.05, 0) is 26.7 Å². The van der Waals surface area contributed by atoms with E-state index in [4.69, 9.17) is 9.47 Å². The van der Waals surface area contributed by atoms with Crippen LogP contribution in [-0.2, 0) is 9.47 Å². The fraction of sp³-hybridized carbons (Fsp3) is 1.00. The fourth-order valence-electron chi connectivity index (χ4n) is 2.09. The Bertz CT molecular complexity index is 138. The minimum Gasteiger partial charge on any atom is -0.345 e. The fourth-order valence-corrected chi connectivity index (χ4v) is 2.09. The van der Waals surface area contributed by atoms with Crippen molar-refractivity contribution in [1.82, 2.24) is 0 Å². The summed E-state index contributed by atoms with van der Waals surface area (Å²) in [6, 6.07) is 0. The molecule has 0 spiro atoms. The van der Waals surface area contributed by atoms with Crippen molar-refractivity contribution in [1.29, 1.82) is 0 Å². The lowest BCUT2D eigenvalue weighted by molar-refractivity contribution is -0.145. The third kappa shape index (κ3) is 1.42. The van der Waals surface area contributed by atoms with Crippen LogP contribution in [0.5, 0.6) is 0 Å². The van der Waals surface area contributed by atoms with Gasteiger partial charge in [-0.2, -0.15) is 0 Å². The third-order valence-electron chi connectivity index (χ3n) is 2.51. The van der Waals surface area contributed by atoms with Crippen molar-refractivity contribution in [3.63, 3.8) is 0 Å². The number of hydrogen-bond acceptors (Lipinski definition) is 2. The van der Waals surface area contributed by atoms with Crippen molar-refractivity contribution in [2.24, 2.45) is 0 Å². The molecule has 1 saturated carbocycles. The molecule has 2 unspecified atom stereocenters. The monoisotopic (exact) mass is 156 g/mol. The quantitative estimate of drug-likeness (QED) is 0.534. The molecule has 2 atom stereocenters. The Morgan fingerprint density at radius 3 is 1.91 bits per heavy atom. The molecule has 0 aromatic carbocycles. The van der Waals surface area contributed by atoms with Crippen LogP contribution in [-0.4, -0.2) is 18.0 Å². The van der Waals surface area contributed by atoms with Crippen LogP contribution < -0.4 is 0 Å². The maximum absolute atomic E-state index is 5.73. The Labute approximate surface area is 67.9 Å². The summed E-state index contributed by atoms with van der Waals surface area (Å²) in [6.45, 7) is 4.01. The van der Waals surface area contributed by atoms with Crippen LogP contribution >= 0.6 is 0 Å². The van der Waals surface area contributed by atoms with Gasteiger partial charge in [-0.15, -0.1) is 0 Å². The Morgan fingerprint density at radius 1 is 1.00 bits per heavy atom. The molecule has 1 aliphatic carbocycles. The molecular formula is C9H16O2. The lowest BCUT2D eigenvalue weighted by Crippen LogP contribution is -2.25. The minimum atomic E-state index is -0.320. The molecule has 64 valence electrons. The van der Waals surface area contributed by atoms with E-state index in [9.17, 15) is 0 Å². The van der Waals surface area contributed by atoms with Crippen molar-refractivity contribution in [3.05, 3.63) is 0 Å². The van der Waals surface area contributed by atoms with E-state index in [0.717, 1.165) is 0 Å². The molecule has 0 amide bonds. The van der Waals surface area contributed by atoms with Crippen LogP contribution in [0.2, 0.25) is 0 Å². The number of fused-ring (bicyclic) bond motifs is 1. The average molecular weight is 156 g/mol. The van der Waals surface area contributed by atoms with Gasteiger partial charge in [0, 0.05) is 0 Å². The molecule has 1 heterocycles. The van der Waals surface area contributed by atoms with Crippen molar-refractivity contribution < 1.29 is 9.47 Å². The first kappa shape index (κ1) is 7.56. The summed E-state index contributed by atoms with van der Waals surface area (Å²) >= 11 is 0. The van der Waals surface area contributed by atoms with Crippen LogP contribution in [0.25, 0.3) is 0 Å². The number of ether oxygens (including phenoxy) is 2. The minimum absolute atomic E-state index is 0.320. The van der Waals surface area contributed by atoms with Crippen LogP contribution in [0, 0.1) is 0 Å². The second kappa shape index (κ2) is 2.46. The summed E-state index contributed by atoms with van der Waals surface area (Å²) in [5, 5.41) is 0. The second-order valence-corrected chi connectivity index (χ2v) is 4.00. The normalized spacial score (nSPS) is 42.0. The highest BCUT2D eigenvalue weighted by Crippen LogP contribution is 2.36. The van der Waals surface area contributed by atoms with Crippen LogP contribution in [0.1, 0.15) is 39.5 Å². The molecule has 1 saturated heterocycles. The van der Waals surface area contributed by atoms with Gasteiger partial charge in [0.05, 0.1) is 12.2 Å². The zero-order valence-corrected chi connectivity index (χ0v) is 7.30. The van der Waals surface area contributed by atoms with Gasteiger partial charge in [0.25, 0.3) is 0 Å². The summed E-state index contributed by atoms with van der Waals surface area (Å²) in [6.07, 6.45) is 5.76. The molecule has 2 aliphatic rings. The average Bonchev–Trinajstić information content (AvgIpc) is 2.21. The van der Waals surface area contributed by atoms with Gasteiger partial charge in [0.15, 0.2) is 5.79 Å². The first-order valence-corrected chi connectivity index (χ1v) is 4.53. The molecule has 0 N–H and O–H groups in total. The molecule has 0 aromatic heterocycles. The topological polar surface area (TPSA) is 18.5 Å². The molecule has 2 fully saturated rings. The largest absolute Gasteiger partial charge is 0.345 e. The molecule has 1 aliphatic heterocycles. The third-order valence-corrected chi connectivity index (χ3v) is 2.51. The zero-order chi connectivity index (χ0) is 7.90. The van der Waals surface area contributed by atoms with Crippen molar-refractivity contribution >= 4 is 0 Å². The predicted octanol–water partition coefficient (Wildman–Crippen LogP) is 2.08. The van der Waals surface area contributed by atoms with Gasteiger partial charge < -0.3 is 9.47 Å². The highest BCUT2D eigenvalue weighted by molar-refractivity contribution is 4.84. The maximum atomic E-state index is 5.73. The molecule has 2 heteroatoms. The summed E-state index contributed by atoms with van der Waals surface area (Å²) in [4.78, 5) is 0. The van der Waals surface area contributed by atoms with Crippen molar-refractivity contribution in [3.8, 4) is 0 Å². The van der Waals surface area contributed by atoms with Gasteiger partial charge in [-0.3, -0.25) is 0 Å². The van der Waals surface area contributed by atoms with Crippen molar-refractivity contribution in [2.45, 2.75) is 57.5 Å². The molecule has 2 nitrogen and oxygen atoms in total. The Kier molecular flexibility index (Phi) is 1.69. The van der Waals surface area contributed by atoms with Gasteiger partial charge >= 0.3 is 0 Å². The van der Waals surface area contributed by atoms with E-state index in [0.29, 0.717) is 12.2 Å². The highest BCUT2D eigenvalue weighted by atomic mass is 16.7. The lowest BCUT2D eigenvalue weighted by Gasteiger charge is -2.21. The van der Waals surface area contributed by atoms with Gasteiger partial charge in [-0.25, -0.2) is 0 Å². The van der Waals surface area contributed by atoms with Crippen molar-refractivity contribution in [2.75, 3.05) is 0 Å². The molecule has 0 radical (unpaired) electrons. The molecule has 0 aromatic rings. The van der Waals surface area contributed by atoms with Gasteiger partial charge in [0.2, 0.25) is 0 Å². The SMILES string of the molecule is CC1(C)OC2CCCCC2O1. The van der Waals surface area contributed by atoms with E-state index >= 15 is 0 Å². The molecule has 11 heavy (non-hydrogen) atoms. The maximum Gasteiger partial charge on any atom is 0.163 e. The van der Waals surface area contributed by atoms with E-state index < -0.39 is 0 Å².